The molecule has 34 heavy (non-hydrogen) atoms. The van der Waals surface area contributed by atoms with Crippen LogP contribution in [0.25, 0.3) is 0 Å². The summed E-state index contributed by atoms with van der Waals surface area (Å²) in [6.45, 7) is 1.44. The third-order valence-corrected chi connectivity index (χ3v) is 7.43. The molecule has 0 aromatic heterocycles. The molecule has 1 aromatic rings. The van der Waals surface area contributed by atoms with Crippen LogP contribution in [0.3, 0.4) is 0 Å². The van der Waals surface area contributed by atoms with Crippen molar-refractivity contribution in [1.82, 2.24) is 15.5 Å². The molecule has 0 saturated carbocycles. The van der Waals surface area contributed by atoms with Crippen molar-refractivity contribution < 1.29 is 23.8 Å². The first-order chi connectivity index (χ1) is 16.5. The molecule has 3 N–H and O–H groups in total. The van der Waals surface area contributed by atoms with Gasteiger partial charge in [-0.05, 0) is 49.3 Å². The second-order valence-corrected chi connectivity index (χ2v) is 9.79. The highest BCUT2D eigenvalue weighted by atomic mass is 19.1. The van der Waals surface area contributed by atoms with Crippen molar-refractivity contribution in [3.8, 4) is 0 Å². The number of allylic oxidation sites excluding steroid dienone is 1. The number of aliphatic hydroxyl groups excluding tert-OH is 1. The number of rotatable bonds is 7. The number of hydrogen-bond donors (Lipinski definition) is 3. The van der Waals surface area contributed by atoms with Crippen molar-refractivity contribution in [3.63, 3.8) is 0 Å². The zero-order valence-corrected chi connectivity index (χ0v) is 19.2. The van der Waals surface area contributed by atoms with Crippen molar-refractivity contribution in [1.29, 1.82) is 0 Å². The Kier molecular flexibility index (Phi) is 6.81. The molecule has 0 spiro atoms. The van der Waals surface area contributed by atoms with Crippen LogP contribution in [0.5, 0.6) is 0 Å². The molecule has 0 radical (unpaired) electrons. The first kappa shape index (κ1) is 23.2. The van der Waals surface area contributed by atoms with Crippen LogP contribution in [-0.4, -0.2) is 72.4 Å². The predicted molar refractivity (Wildman–Crippen MR) is 125 cm³/mol. The fourth-order valence-corrected chi connectivity index (χ4v) is 5.61. The summed E-state index contributed by atoms with van der Waals surface area (Å²) in [6.07, 6.45) is 5.95. The second kappa shape index (κ2) is 9.98. The minimum Gasteiger partial charge on any atom is -0.390 e. The lowest BCUT2D eigenvalue weighted by Gasteiger charge is -2.36. The maximum Gasteiger partial charge on any atom is 0.254 e. The van der Waals surface area contributed by atoms with Crippen LogP contribution in [0.1, 0.15) is 30.4 Å². The zero-order valence-electron chi connectivity index (χ0n) is 19.2. The van der Waals surface area contributed by atoms with Gasteiger partial charge in [0.15, 0.2) is 0 Å². The van der Waals surface area contributed by atoms with Crippen molar-refractivity contribution in [2.75, 3.05) is 26.3 Å². The average molecular weight is 470 g/mol. The van der Waals surface area contributed by atoms with Crippen LogP contribution in [0, 0.1) is 5.92 Å². The number of hydrogen-bond acceptors (Lipinski definition) is 5. The summed E-state index contributed by atoms with van der Waals surface area (Å²) in [7, 11) is 0. The monoisotopic (exact) mass is 469 g/mol. The second-order valence-electron chi connectivity index (χ2n) is 9.79. The van der Waals surface area contributed by atoms with Gasteiger partial charge in [0.25, 0.3) is 5.91 Å². The Labute approximate surface area is 199 Å². The molecule has 2 aliphatic carbocycles. The molecular weight excluding hydrogens is 437 g/mol. The molecule has 2 heterocycles. The van der Waals surface area contributed by atoms with Crippen LogP contribution in [0.4, 0.5) is 4.39 Å². The summed E-state index contributed by atoms with van der Waals surface area (Å²) >= 11 is 0. The number of ether oxygens (including phenoxy) is 1. The molecule has 182 valence electrons. The number of carbonyl (C=O) groups excluding carboxylic acids is 2. The number of aliphatic hydroxyl groups is 1. The predicted octanol–water partition coefficient (Wildman–Crippen LogP) is 1.41. The maximum atomic E-state index is 14.8. The van der Waals surface area contributed by atoms with Gasteiger partial charge in [0.2, 0.25) is 5.91 Å². The molecule has 2 saturated heterocycles. The van der Waals surface area contributed by atoms with Crippen molar-refractivity contribution >= 4 is 11.8 Å². The molecule has 4 aliphatic rings. The SMILES string of the molecule is O=C(NC[C@@H](O)CNC1Cc2ccccc2C1)C1=CCC(C(=O)N2C3CCC2COC3)C=C1F. The van der Waals surface area contributed by atoms with Crippen LogP contribution < -0.4 is 10.6 Å². The van der Waals surface area contributed by atoms with E-state index in [1.807, 2.05) is 17.0 Å². The van der Waals surface area contributed by atoms with Gasteiger partial charge in [-0.15, -0.1) is 0 Å². The van der Waals surface area contributed by atoms with Crippen molar-refractivity contribution in [2.24, 2.45) is 5.92 Å². The van der Waals surface area contributed by atoms with Crippen molar-refractivity contribution in [3.05, 3.63) is 58.9 Å². The van der Waals surface area contributed by atoms with Gasteiger partial charge < -0.3 is 25.4 Å². The van der Waals surface area contributed by atoms with Gasteiger partial charge in [-0.1, -0.05) is 30.3 Å². The third kappa shape index (κ3) is 4.80. The molecule has 4 atom stereocenters. The first-order valence-corrected chi connectivity index (χ1v) is 12.2. The Morgan fingerprint density at radius 3 is 2.44 bits per heavy atom. The Hall–Kier alpha value is -2.55. The average Bonchev–Trinajstić information content (AvgIpc) is 3.37. The van der Waals surface area contributed by atoms with E-state index in [2.05, 4.69) is 22.8 Å². The van der Waals surface area contributed by atoms with Gasteiger partial charge in [0.1, 0.15) is 5.83 Å². The van der Waals surface area contributed by atoms with E-state index in [1.54, 1.807) is 0 Å². The quantitative estimate of drug-likeness (QED) is 0.562. The Bertz CT molecular complexity index is 969. The fraction of sp³-hybridized carbons (Fsp3) is 0.538. The lowest BCUT2D eigenvalue weighted by molar-refractivity contribution is -0.144. The Balaban J connectivity index is 1.07. The number of halogens is 1. The molecule has 2 aliphatic heterocycles. The fourth-order valence-electron chi connectivity index (χ4n) is 5.61. The van der Waals surface area contributed by atoms with Gasteiger partial charge in [0.05, 0.1) is 42.9 Å². The van der Waals surface area contributed by atoms with Gasteiger partial charge in [-0.25, -0.2) is 4.39 Å². The van der Waals surface area contributed by atoms with E-state index < -0.39 is 23.8 Å². The summed E-state index contributed by atoms with van der Waals surface area (Å²) in [5.74, 6) is -1.93. The van der Waals surface area contributed by atoms with Crippen LogP contribution in [0.15, 0.2) is 47.8 Å². The minimum atomic E-state index is -0.782. The van der Waals surface area contributed by atoms with E-state index >= 15 is 0 Å². The summed E-state index contributed by atoms with van der Waals surface area (Å²) in [5, 5.41) is 16.3. The van der Waals surface area contributed by atoms with Gasteiger partial charge in [-0.3, -0.25) is 9.59 Å². The number of amides is 2. The van der Waals surface area contributed by atoms with Crippen molar-refractivity contribution in [2.45, 2.75) is 56.3 Å². The number of carbonyl (C=O) groups is 2. The maximum absolute atomic E-state index is 14.8. The Morgan fingerprint density at radius 1 is 1.12 bits per heavy atom. The number of benzene rings is 1. The smallest absolute Gasteiger partial charge is 0.254 e. The Morgan fingerprint density at radius 2 is 1.79 bits per heavy atom. The molecule has 8 heteroatoms. The normalized spacial score (nSPS) is 27.1. The van der Waals surface area contributed by atoms with E-state index in [1.165, 1.54) is 23.3 Å². The summed E-state index contributed by atoms with van der Waals surface area (Å²) < 4.78 is 20.3. The molecule has 5 rings (SSSR count). The third-order valence-electron chi connectivity index (χ3n) is 7.43. The molecule has 2 fully saturated rings. The number of nitrogens with zero attached hydrogens (tertiary/aromatic N) is 1. The number of nitrogens with one attached hydrogen (secondary N) is 2. The standard InChI is InChI=1S/C26H32FN3O4/c27-24-11-18(26(33)30-20-6-7-21(30)15-34-14-20)5-8-23(24)25(32)29-13-22(31)12-28-19-9-16-3-1-2-4-17(16)10-19/h1-4,8,11,18-22,28,31H,5-7,9-10,12-15H2,(H,29,32)/t18?,20?,21?,22-/m0/s1. The van der Waals surface area contributed by atoms with Gasteiger partial charge in [-0.2, -0.15) is 0 Å². The zero-order chi connectivity index (χ0) is 23.7. The summed E-state index contributed by atoms with van der Waals surface area (Å²) in [5.41, 5.74) is 2.58. The van der Waals surface area contributed by atoms with E-state index in [4.69, 9.17) is 4.74 Å². The molecule has 3 unspecified atom stereocenters. The highest BCUT2D eigenvalue weighted by Crippen LogP contribution is 2.33. The van der Waals surface area contributed by atoms with E-state index in [0.29, 0.717) is 19.8 Å². The minimum absolute atomic E-state index is 0.0234. The molecule has 1 aromatic carbocycles. The highest BCUT2D eigenvalue weighted by Gasteiger charge is 2.42. The molecule has 2 bridgehead atoms. The summed E-state index contributed by atoms with van der Waals surface area (Å²) in [6, 6.07) is 8.72. The van der Waals surface area contributed by atoms with Gasteiger partial charge >= 0.3 is 0 Å². The number of fused-ring (bicyclic) bond motifs is 3. The van der Waals surface area contributed by atoms with E-state index in [9.17, 15) is 19.1 Å². The highest BCUT2D eigenvalue weighted by molar-refractivity contribution is 5.98. The van der Waals surface area contributed by atoms with Gasteiger partial charge in [0, 0.05) is 19.1 Å². The van der Waals surface area contributed by atoms with Crippen LogP contribution in [-0.2, 0) is 27.2 Å². The summed E-state index contributed by atoms with van der Waals surface area (Å²) in [4.78, 5) is 27.4. The van der Waals surface area contributed by atoms with E-state index in [0.717, 1.165) is 25.7 Å². The topological polar surface area (TPSA) is 90.9 Å². The van der Waals surface area contributed by atoms with Crippen LogP contribution >= 0.6 is 0 Å². The largest absolute Gasteiger partial charge is 0.390 e. The first-order valence-electron chi connectivity index (χ1n) is 12.2. The molecular formula is C26H32FN3O4. The van der Waals surface area contributed by atoms with Crippen LogP contribution in [0.2, 0.25) is 0 Å². The molecule has 2 amide bonds. The lowest BCUT2D eigenvalue weighted by atomic mass is 9.93. The van der Waals surface area contributed by atoms with E-state index in [-0.39, 0.29) is 42.6 Å². The lowest BCUT2D eigenvalue weighted by Crippen LogP contribution is -2.51. The number of morpholine rings is 1. The molecule has 7 nitrogen and oxygen atoms in total.